The molecule has 0 radical (unpaired) electrons. The average molecular weight is 402 g/mol. The summed E-state index contributed by atoms with van der Waals surface area (Å²) in [6.07, 6.45) is 3.71. The van der Waals surface area contributed by atoms with Crippen molar-refractivity contribution >= 4 is 33.9 Å². The van der Waals surface area contributed by atoms with E-state index in [-0.39, 0.29) is 24.7 Å². The number of carbonyl (C=O) groups excluding carboxylic acids is 2. The standard InChI is InChI=1S/C22H18N4O2S/c27-20(11-16-7-3-6-15-5-1-2-9-19(15)16)25-26-21(28)12-18-14-29-22(24-18)17-8-4-10-23-13-17/h1-10,13-14H,11-12H2,(H,25,27)(H,26,28). The van der Waals surface area contributed by atoms with Gasteiger partial charge in [0.1, 0.15) is 5.01 Å². The molecule has 2 aromatic heterocycles. The summed E-state index contributed by atoms with van der Waals surface area (Å²) in [6.45, 7) is 0. The number of amides is 2. The van der Waals surface area contributed by atoms with Crippen LogP contribution in [0.25, 0.3) is 21.3 Å². The number of fused-ring (bicyclic) bond motifs is 1. The van der Waals surface area contributed by atoms with Gasteiger partial charge in [-0.05, 0) is 28.5 Å². The molecule has 4 rings (SSSR count). The van der Waals surface area contributed by atoms with Crippen LogP contribution in [0.2, 0.25) is 0 Å². The summed E-state index contributed by atoms with van der Waals surface area (Å²) >= 11 is 1.45. The number of nitrogens with one attached hydrogen (secondary N) is 2. The zero-order chi connectivity index (χ0) is 20.1. The predicted octanol–water partition coefficient (Wildman–Crippen LogP) is 3.29. The Bertz CT molecular complexity index is 1150. The molecular formula is C22H18N4O2S. The Hall–Kier alpha value is -3.58. The van der Waals surface area contributed by atoms with Gasteiger partial charge in [-0.2, -0.15) is 0 Å². The molecule has 2 N–H and O–H groups in total. The van der Waals surface area contributed by atoms with Crippen LogP contribution < -0.4 is 10.9 Å². The van der Waals surface area contributed by atoms with E-state index in [0.717, 1.165) is 26.9 Å². The Balaban J connectivity index is 1.31. The van der Waals surface area contributed by atoms with E-state index in [2.05, 4.69) is 20.8 Å². The van der Waals surface area contributed by atoms with Crippen molar-refractivity contribution in [3.63, 3.8) is 0 Å². The minimum atomic E-state index is -0.320. The second-order valence-electron chi connectivity index (χ2n) is 6.47. The summed E-state index contributed by atoms with van der Waals surface area (Å²) in [5.74, 6) is -0.594. The summed E-state index contributed by atoms with van der Waals surface area (Å²) in [4.78, 5) is 32.9. The fourth-order valence-electron chi connectivity index (χ4n) is 3.02. The van der Waals surface area contributed by atoms with Crippen molar-refractivity contribution < 1.29 is 9.59 Å². The van der Waals surface area contributed by atoms with E-state index in [1.165, 1.54) is 11.3 Å². The molecule has 2 aromatic carbocycles. The molecule has 0 atom stereocenters. The molecule has 144 valence electrons. The number of carbonyl (C=O) groups is 2. The van der Waals surface area contributed by atoms with Crippen molar-refractivity contribution in [1.29, 1.82) is 0 Å². The highest BCUT2D eigenvalue weighted by molar-refractivity contribution is 7.13. The van der Waals surface area contributed by atoms with Crippen LogP contribution in [0.1, 0.15) is 11.3 Å². The molecule has 6 nitrogen and oxygen atoms in total. The van der Waals surface area contributed by atoms with Gasteiger partial charge in [0, 0.05) is 23.3 Å². The summed E-state index contributed by atoms with van der Waals surface area (Å²) in [5, 5.41) is 4.75. The number of thiazole rings is 1. The molecule has 0 spiro atoms. The molecule has 2 amide bonds. The monoisotopic (exact) mass is 402 g/mol. The highest BCUT2D eigenvalue weighted by Gasteiger charge is 2.11. The van der Waals surface area contributed by atoms with Gasteiger partial charge < -0.3 is 0 Å². The molecule has 0 saturated heterocycles. The largest absolute Gasteiger partial charge is 0.273 e. The third kappa shape index (κ3) is 4.64. The van der Waals surface area contributed by atoms with Gasteiger partial charge in [0.05, 0.1) is 18.5 Å². The van der Waals surface area contributed by atoms with Crippen LogP contribution in [-0.4, -0.2) is 21.8 Å². The van der Waals surface area contributed by atoms with Crippen LogP contribution in [-0.2, 0) is 22.4 Å². The van der Waals surface area contributed by atoms with Crippen LogP contribution in [0.3, 0.4) is 0 Å². The van der Waals surface area contributed by atoms with Crippen LogP contribution in [0, 0.1) is 0 Å². The van der Waals surface area contributed by atoms with E-state index < -0.39 is 0 Å². The van der Waals surface area contributed by atoms with Crippen molar-refractivity contribution in [1.82, 2.24) is 20.8 Å². The van der Waals surface area contributed by atoms with E-state index >= 15 is 0 Å². The number of pyridine rings is 1. The number of hydrogen-bond acceptors (Lipinski definition) is 5. The third-order valence-corrected chi connectivity index (χ3v) is 5.31. The van der Waals surface area contributed by atoms with Gasteiger partial charge >= 0.3 is 0 Å². The molecule has 4 aromatic rings. The maximum atomic E-state index is 12.3. The molecular weight excluding hydrogens is 384 g/mol. The zero-order valence-electron chi connectivity index (χ0n) is 15.5. The van der Waals surface area contributed by atoms with Gasteiger partial charge in [-0.15, -0.1) is 11.3 Å². The smallest absolute Gasteiger partial charge is 0.244 e. The lowest BCUT2D eigenvalue weighted by molar-refractivity contribution is -0.128. The Morgan fingerprint density at radius 3 is 2.52 bits per heavy atom. The van der Waals surface area contributed by atoms with E-state index in [1.54, 1.807) is 12.4 Å². The predicted molar refractivity (Wildman–Crippen MR) is 113 cm³/mol. The first kappa shape index (κ1) is 18.8. The fraction of sp³-hybridized carbons (Fsp3) is 0.0909. The fourth-order valence-corrected chi connectivity index (χ4v) is 3.83. The van der Waals surface area contributed by atoms with Gasteiger partial charge in [0.2, 0.25) is 11.8 Å². The van der Waals surface area contributed by atoms with Crippen molar-refractivity contribution in [2.24, 2.45) is 0 Å². The van der Waals surface area contributed by atoms with Gasteiger partial charge in [-0.1, -0.05) is 42.5 Å². The summed E-state index contributed by atoms with van der Waals surface area (Å²) < 4.78 is 0. The van der Waals surface area contributed by atoms with Gasteiger partial charge in [0.25, 0.3) is 0 Å². The lowest BCUT2D eigenvalue weighted by atomic mass is 10.0. The van der Waals surface area contributed by atoms with Crippen molar-refractivity contribution in [3.05, 3.63) is 83.6 Å². The molecule has 0 unspecified atom stereocenters. The lowest BCUT2D eigenvalue weighted by Crippen LogP contribution is -2.43. The number of aromatic nitrogens is 2. The van der Waals surface area contributed by atoms with E-state index in [1.807, 2.05) is 60.0 Å². The van der Waals surface area contributed by atoms with Crippen LogP contribution >= 0.6 is 11.3 Å². The second-order valence-corrected chi connectivity index (χ2v) is 7.33. The Morgan fingerprint density at radius 1 is 0.897 bits per heavy atom. The average Bonchev–Trinajstić information content (AvgIpc) is 3.22. The normalized spacial score (nSPS) is 10.6. The van der Waals surface area contributed by atoms with Crippen LogP contribution in [0.5, 0.6) is 0 Å². The quantitative estimate of drug-likeness (QED) is 0.502. The van der Waals surface area contributed by atoms with Crippen molar-refractivity contribution in [3.8, 4) is 10.6 Å². The first-order valence-corrected chi connectivity index (χ1v) is 9.96. The third-order valence-electron chi connectivity index (χ3n) is 4.37. The maximum Gasteiger partial charge on any atom is 0.244 e. The Kier molecular flexibility index (Phi) is 5.58. The first-order valence-electron chi connectivity index (χ1n) is 9.08. The summed E-state index contributed by atoms with van der Waals surface area (Å²) in [6, 6.07) is 17.5. The zero-order valence-corrected chi connectivity index (χ0v) is 16.3. The molecule has 0 saturated carbocycles. The van der Waals surface area contributed by atoms with Crippen molar-refractivity contribution in [2.45, 2.75) is 12.8 Å². The van der Waals surface area contributed by atoms with Crippen molar-refractivity contribution in [2.75, 3.05) is 0 Å². The Morgan fingerprint density at radius 2 is 1.69 bits per heavy atom. The molecule has 7 heteroatoms. The molecule has 0 aliphatic heterocycles. The van der Waals surface area contributed by atoms with Crippen LogP contribution in [0.4, 0.5) is 0 Å². The first-order chi connectivity index (χ1) is 14.2. The SMILES string of the molecule is O=C(Cc1csc(-c2cccnc2)n1)NNC(=O)Cc1cccc2ccccc12. The van der Waals surface area contributed by atoms with Gasteiger partial charge in [0.15, 0.2) is 0 Å². The lowest BCUT2D eigenvalue weighted by Gasteiger charge is -2.09. The number of hydrogen-bond donors (Lipinski definition) is 2. The summed E-state index contributed by atoms with van der Waals surface area (Å²) in [7, 11) is 0. The highest BCUT2D eigenvalue weighted by Crippen LogP contribution is 2.22. The van der Waals surface area contributed by atoms with E-state index in [4.69, 9.17) is 0 Å². The summed E-state index contributed by atoms with van der Waals surface area (Å²) in [5.41, 5.74) is 7.41. The number of rotatable bonds is 5. The minimum absolute atomic E-state index is 0.0886. The molecule has 0 bridgehead atoms. The number of nitrogens with zero attached hydrogens (tertiary/aromatic N) is 2. The number of hydrazine groups is 1. The van der Waals surface area contributed by atoms with Crippen LogP contribution in [0.15, 0.2) is 72.4 Å². The molecule has 0 aliphatic carbocycles. The maximum absolute atomic E-state index is 12.3. The molecule has 0 fully saturated rings. The van der Waals surface area contributed by atoms with E-state index in [0.29, 0.717) is 5.69 Å². The molecule has 2 heterocycles. The molecule has 29 heavy (non-hydrogen) atoms. The van der Waals surface area contributed by atoms with E-state index in [9.17, 15) is 9.59 Å². The van der Waals surface area contributed by atoms with Gasteiger partial charge in [-0.3, -0.25) is 25.4 Å². The molecule has 0 aliphatic rings. The van der Waals surface area contributed by atoms with Gasteiger partial charge in [-0.25, -0.2) is 4.98 Å². The number of benzene rings is 2. The highest BCUT2D eigenvalue weighted by atomic mass is 32.1. The minimum Gasteiger partial charge on any atom is -0.273 e. The Labute approximate surface area is 171 Å². The topological polar surface area (TPSA) is 84.0 Å². The second kappa shape index (κ2) is 8.62.